The van der Waals surface area contributed by atoms with Crippen molar-refractivity contribution < 1.29 is 13.2 Å². The molecule has 0 radical (unpaired) electrons. The summed E-state index contributed by atoms with van der Waals surface area (Å²) in [6.07, 6.45) is 0.686. The number of ether oxygens (including phenoxy) is 1. The van der Waals surface area contributed by atoms with E-state index >= 15 is 0 Å². The predicted molar refractivity (Wildman–Crippen MR) is 80.9 cm³/mol. The van der Waals surface area contributed by atoms with Crippen molar-refractivity contribution in [2.45, 2.75) is 18.2 Å². The van der Waals surface area contributed by atoms with E-state index in [0.29, 0.717) is 18.7 Å². The van der Waals surface area contributed by atoms with E-state index in [2.05, 4.69) is 4.72 Å². The van der Waals surface area contributed by atoms with Gasteiger partial charge in [-0.3, -0.25) is 0 Å². The van der Waals surface area contributed by atoms with Crippen molar-refractivity contribution in [2.24, 2.45) is 0 Å². The van der Waals surface area contributed by atoms with E-state index in [4.69, 9.17) is 4.74 Å². The minimum absolute atomic E-state index is 0.186. The van der Waals surface area contributed by atoms with E-state index < -0.39 is 10.0 Å². The van der Waals surface area contributed by atoms with Gasteiger partial charge in [0.1, 0.15) is 10.6 Å². The first-order valence-corrected chi connectivity index (χ1v) is 8.56. The second-order valence-electron chi connectivity index (χ2n) is 4.38. The number of rotatable bonds is 6. The van der Waals surface area contributed by atoms with Crippen LogP contribution in [0.1, 0.15) is 10.4 Å². The number of hydrogen-bond donors (Lipinski definition) is 1. The minimum Gasteiger partial charge on any atom is -0.495 e. The number of methoxy groups -OCH3 is 1. The lowest BCUT2D eigenvalue weighted by Crippen LogP contribution is -2.26. The Kier molecular flexibility index (Phi) is 4.80. The van der Waals surface area contributed by atoms with Gasteiger partial charge in [-0.25, -0.2) is 13.1 Å². The van der Waals surface area contributed by atoms with Gasteiger partial charge in [0.2, 0.25) is 10.0 Å². The number of thiophene rings is 1. The Labute approximate surface area is 123 Å². The van der Waals surface area contributed by atoms with Crippen LogP contribution in [0.25, 0.3) is 0 Å². The summed E-state index contributed by atoms with van der Waals surface area (Å²) in [5.74, 6) is 0.360. The summed E-state index contributed by atoms with van der Waals surface area (Å²) >= 11 is 1.62. The Morgan fingerprint density at radius 1 is 1.30 bits per heavy atom. The monoisotopic (exact) mass is 311 g/mol. The van der Waals surface area contributed by atoms with Crippen molar-refractivity contribution in [3.63, 3.8) is 0 Å². The smallest absolute Gasteiger partial charge is 0.244 e. The third-order valence-electron chi connectivity index (χ3n) is 2.85. The number of hydrogen-bond acceptors (Lipinski definition) is 4. The molecule has 1 heterocycles. The van der Waals surface area contributed by atoms with Gasteiger partial charge in [0.25, 0.3) is 0 Å². The van der Waals surface area contributed by atoms with Crippen LogP contribution in [-0.2, 0) is 16.4 Å². The van der Waals surface area contributed by atoms with Crippen molar-refractivity contribution in [1.82, 2.24) is 4.72 Å². The van der Waals surface area contributed by atoms with Gasteiger partial charge in [0.05, 0.1) is 7.11 Å². The third-order valence-corrected chi connectivity index (χ3v) is 5.27. The van der Waals surface area contributed by atoms with Gasteiger partial charge in [0, 0.05) is 11.4 Å². The molecule has 0 atom stereocenters. The summed E-state index contributed by atoms with van der Waals surface area (Å²) < 4.78 is 32.3. The van der Waals surface area contributed by atoms with E-state index in [1.165, 1.54) is 7.11 Å². The summed E-state index contributed by atoms with van der Waals surface area (Å²) in [6, 6.07) is 9.06. The topological polar surface area (TPSA) is 55.4 Å². The Balaban J connectivity index is 2.11. The maximum Gasteiger partial charge on any atom is 0.244 e. The Morgan fingerprint density at radius 2 is 2.10 bits per heavy atom. The maximum absolute atomic E-state index is 12.3. The molecular weight excluding hydrogens is 294 g/mol. The summed E-state index contributed by atoms with van der Waals surface area (Å²) in [5.41, 5.74) is 0.879. The molecule has 1 aromatic carbocycles. The highest BCUT2D eigenvalue weighted by Gasteiger charge is 2.19. The van der Waals surface area contributed by atoms with Crippen LogP contribution in [0.4, 0.5) is 0 Å². The lowest BCUT2D eigenvalue weighted by atomic mass is 10.2. The van der Waals surface area contributed by atoms with Crippen LogP contribution in [0.2, 0.25) is 0 Å². The number of aryl methyl sites for hydroxylation is 1. The van der Waals surface area contributed by atoms with Crippen molar-refractivity contribution in [1.29, 1.82) is 0 Å². The van der Waals surface area contributed by atoms with E-state index in [1.54, 1.807) is 23.5 Å². The van der Waals surface area contributed by atoms with Crippen LogP contribution >= 0.6 is 11.3 Å². The largest absolute Gasteiger partial charge is 0.495 e. The first-order chi connectivity index (χ1) is 9.53. The van der Waals surface area contributed by atoms with Crippen LogP contribution in [0, 0.1) is 6.92 Å². The molecule has 2 rings (SSSR count). The molecule has 0 unspecified atom stereocenters. The van der Waals surface area contributed by atoms with E-state index in [0.717, 1.165) is 10.4 Å². The van der Waals surface area contributed by atoms with Crippen LogP contribution in [0.3, 0.4) is 0 Å². The molecule has 0 aliphatic heterocycles. The van der Waals surface area contributed by atoms with Crippen molar-refractivity contribution >= 4 is 21.4 Å². The van der Waals surface area contributed by atoms with Gasteiger partial charge < -0.3 is 4.74 Å². The highest BCUT2D eigenvalue weighted by Crippen LogP contribution is 2.24. The Morgan fingerprint density at radius 3 is 2.75 bits per heavy atom. The molecule has 0 aliphatic rings. The molecule has 0 saturated heterocycles. The molecule has 0 fully saturated rings. The van der Waals surface area contributed by atoms with Gasteiger partial charge in [-0.2, -0.15) is 0 Å². The van der Waals surface area contributed by atoms with Gasteiger partial charge >= 0.3 is 0 Å². The first-order valence-electron chi connectivity index (χ1n) is 6.19. The van der Waals surface area contributed by atoms with Crippen LogP contribution < -0.4 is 9.46 Å². The van der Waals surface area contributed by atoms with Crippen LogP contribution in [-0.4, -0.2) is 22.1 Å². The van der Waals surface area contributed by atoms with Crippen LogP contribution in [0.15, 0.2) is 40.6 Å². The van der Waals surface area contributed by atoms with Gasteiger partial charge in [-0.15, -0.1) is 11.3 Å². The summed E-state index contributed by atoms with van der Waals surface area (Å²) in [5, 5.41) is 1.98. The summed E-state index contributed by atoms with van der Waals surface area (Å²) in [7, 11) is -2.08. The minimum atomic E-state index is -3.55. The maximum atomic E-state index is 12.3. The van der Waals surface area contributed by atoms with Crippen LogP contribution in [0.5, 0.6) is 5.75 Å². The average molecular weight is 311 g/mol. The molecule has 0 bridgehead atoms. The number of benzene rings is 1. The summed E-state index contributed by atoms with van der Waals surface area (Å²) in [4.78, 5) is 1.34. The lowest BCUT2D eigenvalue weighted by molar-refractivity contribution is 0.402. The van der Waals surface area contributed by atoms with Crippen molar-refractivity contribution in [3.8, 4) is 5.75 Å². The standard InChI is InChI=1S/C14H17NO3S2/c1-11-5-6-13(18-2)14(10-11)20(16,17)15-8-7-12-4-3-9-19-12/h3-6,9-10,15H,7-8H2,1-2H3. The fourth-order valence-corrected chi connectivity index (χ4v) is 3.83. The highest BCUT2D eigenvalue weighted by molar-refractivity contribution is 7.89. The molecule has 0 spiro atoms. The molecule has 6 heteroatoms. The normalized spacial score (nSPS) is 11.5. The average Bonchev–Trinajstić information content (AvgIpc) is 2.91. The van der Waals surface area contributed by atoms with Gasteiger partial charge in [-0.05, 0) is 42.5 Å². The zero-order chi connectivity index (χ0) is 14.6. The number of sulfonamides is 1. The third kappa shape index (κ3) is 3.59. The SMILES string of the molecule is COc1ccc(C)cc1S(=O)(=O)NCCc1cccs1. The first kappa shape index (κ1) is 15.0. The van der Waals surface area contributed by atoms with E-state index in [9.17, 15) is 8.42 Å². The molecule has 0 aliphatic carbocycles. The molecule has 0 saturated carbocycles. The zero-order valence-electron chi connectivity index (χ0n) is 11.4. The van der Waals surface area contributed by atoms with E-state index in [-0.39, 0.29) is 4.90 Å². The fourth-order valence-electron chi connectivity index (χ4n) is 1.84. The van der Waals surface area contributed by atoms with E-state index in [1.807, 2.05) is 30.5 Å². The summed E-state index contributed by atoms with van der Waals surface area (Å²) in [6.45, 7) is 2.23. The zero-order valence-corrected chi connectivity index (χ0v) is 13.1. The molecule has 2 aromatic rings. The van der Waals surface area contributed by atoms with Crippen molar-refractivity contribution in [3.05, 3.63) is 46.2 Å². The second kappa shape index (κ2) is 6.39. The second-order valence-corrected chi connectivity index (χ2v) is 7.15. The molecule has 4 nitrogen and oxygen atoms in total. The molecule has 1 N–H and O–H groups in total. The van der Waals surface area contributed by atoms with Gasteiger partial charge in [0.15, 0.2) is 0 Å². The van der Waals surface area contributed by atoms with Gasteiger partial charge in [-0.1, -0.05) is 12.1 Å². The quantitative estimate of drug-likeness (QED) is 0.892. The predicted octanol–water partition coefficient (Wildman–Crippen LogP) is 2.59. The molecular formula is C14H17NO3S2. The molecule has 108 valence electrons. The number of nitrogens with one attached hydrogen (secondary N) is 1. The highest BCUT2D eigenvalue weighted by atomic mass is 32.2. The van der Waals surface area contributed by atoms with Crippen molar-refractivity contribution in [2.75, 3.05) is 13.7 Å². The lowest BCUT2D eigenvalue weighted by Gasteiger charge is -2.11. The fraction of sp³-hybridized carbons (Fsp3) is 0.286. The Bertz CT molecular complexity index is 664. The molecule has 20 heavy (non-hydrogen) atoms. The molecule has 0 amide bonds. The Hall–Kier alpha value is -1.37. The molecule has 1 aromatic heterocycles.